The van der Waals surface area contributed by atoms with Crippen molar-refractivity contribution in [2.24, 2.45) is 0 Å². The smallest absolute Gasteiger partial charge is 0.255 e. The van der Waals surface area contributed by atoms with E-state index in [0.29, 0.717) is 12.4 Å². The summed E-state index contributed by atoms with van der Waals surface area (Å²) >= 11 is 0. The molecular weight excluding hydrogens is 237 g/mol. The number of anilines is 1. The van der Waals surface area contributed by atoms with Crippen LogP contribution in [0.5, 0.6) is 0 Å². The Morgan fingerprint density at radius 3 is 2.89 bits per heavy atom. The van der Waals surface area contributed by atoms with Crippen LogP contribution in [0.25, 0.3) is 0 Å². The van der Waals surface area contributed by atoms with Crippen LogP contribution in [0, 0.1) is 5.82 Å². The van der Waals surface area contributed by atoms with E-state index in [1.807, 2.05) is 6.92 Å². The summed E-state index contributed by atoms with van der Waals surface area (Å²) in [4.78, 5) is 15.8. The lowest BCUT2D eigenvalue weighted by atomic mass is 10.2. The Hall–Kier alpha value is -1.69. The van der Waals surface area contributed by atoms with E-state index in [9.17, 15) is 9.18 Å². The lowest BCUT2D eigenvalue weighted by Crippen LogP contribution is -2.37. The number of hydrogen-bond acceptors (Lipinski definition) is 4. The van der Waals surface area contributed by atoms with Crippen LogP contribution in [0.15, 0.2) is 12.3 Å². The topological polar surface area (TPSA) is 63.2 Å². The number of halogens is 1. The second-order valence-electron chi connectivity index (χ2n) is 3.83. The molecule has 5 nitrogen and oxygen atoms in total. The first-order valence-electron chi connectivity index (χ1n) is 5.75. The third kappa shape index (κ3) is 3.66. The van der Waals surface area contributed by atoms with E-state index in [-0.39, 0.29) is 17.5 Å². The summed E-state index contributed by atoms with van der Waals surface area (Å²) in [6, 6.07) is 1.06. The van der Waals surface area contributed by atoms with Gasteiger partial charge in [-0.05, 0) is 12.5 Å². The van der Waals surface area contributed by atoms with Crippen LogP contribution >= 0.6 is 0 Å². The number of amides is 1. The van der Waals surface area contributed by atoms with E-state index in [4.69, 9.17) is 4.74 Å². The van der Waals surface area contributed by atoms with Crippen LogP contribution in [0.3, 0.4) is 0 Å². The minimum absolute atomic E-state index is 0.101. The number of nitrogens with zero attached hydrogens (tertiary/aromatic N) is 1. The minimum Gasteiger partial charge on any atom is -0.383 e. The molecule has 1 atom stereocenters. The molecule has 0 aliphatic carbocycles. The number of pyridine rings is 1. The number of aromatic nitrogens is 1. The van der Waals surface area contributed by atoms with Crippen molar-refractivity contribution in [3.8, 4) is 0 Å². The normalized spacial score (nSPS) is 12.0. The van der Waals surface area contributed by atoms with E-state index in [0.717, 1.165) is 18.7 Å². The maximum absolute atomic E-state index is 13.1. The van der Waals surface area contributed by atoms with Gasteiger partial charge in [-0.3, -0.25) is 4.79 Å². The maximum Gasteiger partial charge on any atom is 0.255 e. The average molecular weight is 255 g/mol. The highest BCUT2D eigenvalue weighted by atomic mass is 19.1. The van der Waals surface area contributed by atoms with Crippen molar-refractivity contribution in [1.82, 2.24) is 10.3 Å². The quantitative estimate of drug-likeness (QED) is 0.807. The summed E-state index contributed by atoms with van der Waals surface area (Å²) in [5.74, 6) is -0.560. The molecule has 0 aliphatic heterocycles. The van der Waals surface area contributed by atoms with Crippen molar-refractivity contribution in [1.29, 1.82) is 0 Å². The molecule has 1 aromatic rings. The number of ether oxygens (including phenoxy) is 1. The van der Waals surface area contributed by atoms with E-state index in [2.05, 4.69) is 15.6 Å². The molecule has 0 saturated heterocycles. The predicted molar refractivity (Wildman–Crippen MR) is 67.2 cm³/mol. The van der Waals surface area contributed by atoms with Crippen LogP contribution in [0.1, 0.15) is 23.7 Å². The molecule has 0 spiro atoms. The first kappa shape index (κ1) is 14.4. The third-order valence-electron chi connectivity index (χ3n) is 2.53. The fourth-order valence-corrected chi connectivity index (χ4v) is 1.54. The molecule has 2 N–H and O–H groups in total. The summed E-state index contributed by atoms with van der Waals surface area (Å²) in [5, 5.41) is 5.53. The lowest BCUT2D eigenvalue weighted by Gasteiger charge is -2.16. The highest BCUT2D eigenvalue weighted by Gasteiger charge is 2.16. The van der Waals surface area contributed by atoms with E-state index < -0.39 is 5.82 Å². The largest absolute Gasteiger partial charge is 0.383 e. The second-order valence-corrected chi connectivity index (χ2v) is 3.83. The van der Waals surface area contributed by atoms with Crippen molar-refractivity contribution in [2.45, 2.75) is 19.4 Å². The molecule has 1 rings (SSSR count). The first-order valence-corrected chi connectivity index (χ1v) is 5.75. The third-order valence-corrected chi connectivity index (χ3v) is 2.53. The lowest BCUT2D eigenvalue weighted by molar-refractivity contribution is 0.0894. The van der Waals surface area contributed by atoms with Gasteiger partial charge in [0.15, 0.2) is 0 Å². The van der Waals surface area contributed by atoms with Gasteiger partial charge in [0.1, 0.15) is 11.6 Å². The van der Waals surface area contributed by atoms with Crippen molar-refractivity contribution >= 4 is 11.7 Å². The first-order chi connectivity index (χ1) is 8.62. The van der Waals surface area contributed by atoms with E-state index in [1.54, 1.807) is 14.2 Å². The summed E-state index contributed by atoms with van der Waals surface area (Å²) < 4.78 is 18.1. The summed E-state index contributed by atoms with van der Waals surface area (Å²) in [6.07, 6.45) is 1.80. The zero-order valence-corrected chi connectivity index (χ0v) is 10.8. The fourth-order valence-electron chi connectivity index (χ4n) is 1.54. The van der Waals surface area contributed by atoms with Crippen molar-refractivity contribution in [3.63, 3.8) is 0 Å². The Morgan fingerprint density at radius 1 is 1.61 bits per heavy atom. The van der Waals surface area contributed by atoms with E-state index in [1.165, 1.54) is 0 Å². The van der Waals surface area contributed by atoms with Crippen LogP contribution in [-0.2, 0) is 4.74 Å². The number of carbonyl (C=O) groups is 1. The van der Waals surface area contributed by atoms with Gasteiger partial charge in [-0.2, -0.15) is 0 Å². The molecule has 0 saturated carbocycles. The zero-order valence-electron chi connectivity index (χ0n) is 10.8. The summed E-state index contributed by atoms with van der Waals surface area (Å²) in [5.41, 5.74) is 0.187. The van der Waals surface area contributed by atoms with Crippen LogP contribution in [0.4, 0.5) is 10.2 Å². The Morgan fingerprint density at radius 2 is 2.33 bits per heavy atom. The van der Waals surface area contributed by atoms with Gasteiger partial charge in [-0.25, -0.2) is 9.37 Å². The van der Waals surface area contributed by atoms with Gasteiger partial charge in [-0.1, -0.05) is 6.92 Å². The highest BCUT2D eigenvalue weighted by molar-refractivity contribution is 5.98. The molecule has 0 bridgehead atoms. The van der Waals surface area contributed by atoms with Gasteiger partial charge in [0.2, 0.25) is 0 Å². The number of hydrogen-bond donors (Lipinski definition) is 2. The van der Waals surface area contributed by atoms with Gasteiger partial charge in [0.25, 0.3) is 5.91 Å². The fraction of sp³-hybridized carbons (Fsp3) is 0.500. The van der Waals surface area contributed by atoms with Crippen molar-refractivity contribution < 1.29 is 13.9 Å². The van der Waals surface area contributed by atoms with Crippen LogP contribution < -0.4 is 10.6 Å². The number of nitrogens with one attached hydrogen (secondary N) is 2. The predicted octanol–water partition coefficient (Wildman–Crippen LogP) is 1.42. The molecule has 100 valence electrons. The van der Waals surface area contributed by atoms with Gasteiger partial charge >= 0.3 is 0 Å². The van der Waals surface area contributed by atoms with Crippen molar-refractivity contribution in [3.05, 3.63) is 23.6 Å². The SMILES string of the molecule is CCC(COC)NC(=O)c1cc(F)cnc1NC. The highest BCUT2D eigenvalue weighted by Crippen LogP contribution is 2.13. The molecule has 1 unspecified atom stereocenters. The molecule has 1 aromatic heterocycles. The Balaban J connectivity index is 2.85. The van der Waals surface area contributed by atoms with Gasteiger partial charge in [-0.15, -0.1) is 0 Å². The number of carbonyl (C=O) groups excluding carboxylic acids is 1. The van der Waals surface area contributed by atoms with Crippen molar-refractivity contribution in [2.75, 3.05) is 26.1 Å². The Bertz CT molecular complexity index is 412. The minimum atomic E-state index is -0.543. The van der Waals surface area contributed by atoms with Gasteiger partial charge in [0.05, 0.1) is 24.4 Å². The monoisotopic (exact) mass is 255 g/mol. The Kier molecular flexibility index (Phi) is 5.51. The van der Waals surface area contributed by atoms with Gasteiger partial charge in [0, 0.05) is 14.2 Å². The molecule has 18 heavy (non-hydrogen) atoms. The number of rotatable bonds is 6. The van der Waals surface area contributed by atoms with Crippen LogP contribution in [-0.4, -0.2) is 37.7 Å². The zero-order chi connectivity index (χ0) is 13.5. The molecular formula is C12H18FN3O2. The van der Waals surface area contributed by atoms with E-state index >= 15 is 0 Å². The molecule has 6 heteroatoms. The molecule has 1 amide bonds. The van der Waals surface area contributed by atoms with Gasteiger partial charge < -0.3 is 15.4 Å². The number of methoxy groups -OCH3 is 1. The summed E-state index contributed by atoms with van der Waals surface area (Å²) in [7, 11) is 3.20. The molecule has 0 radical (unpaired) electrons. The van der Waals surface area contributed by atoms with Crippen LogP contribution in [0.2, 0.25) is 0 Å². The summed E-state index contributed by atoms with van der Waals surface area (Å²) in [6.45, 7) is 2.35. The molecule has 0 aliphatic rings. The maximum atomic E-state index is 13.1. The molecule has 0 fully saturated rings. The second kappa shape index (κ2) is 6.90. The average Bonchev–Trinajstić information content (AvgIpc) is 2.38. The Labute approximate surface area is 106 Å². The standard InChI is InChI=1S/C12H18FN3O2/c1-4-9(7-18-3)16-12(17)10-5-8(13)6-15-11(10)14-2/h5-6,9H,4,7H2,1-3H3,(H,14,15)(H,16,17). The molecule has 0 aromatic carbocycles. The molecule has 1 heterocycles.